The molecule has 0 aliphatic carbocycles. The van der Waals surface area contributed by atoms with Crippen LogP contribution in [0, 0.1) is 0 Å². The maximum Gasteiger partial charge on any atom is 0.358 e. The highest BCUT2D eigenvalue weighted by molar-refractivity contribution is 6.43. The van der Waals surface area contributed by atoms with E-state index in [0.717, 1.165) is 0 Å². The van der Waals surface area contributed by atoms with E-state index in [1.165, 1.54) is 22.7 Å². The predicted molar refractivity (Wildman–Crippen MR) is 84.5 cm³/mol. The molecule has 0 amide bonds. The van der Waals surface area contributed by atoms with E-state index in [4.69, 9.17) is 23.2 Å². The highest BCUT2D eigenvalue weighted by atomic mass is 35.5. The van der Waals surface area contributed by atoms with Crippen molar-refractivity contribution in [3.05, 3.63) is 52.3 Å². The van der Waals surface area contributed by atoms with Crippen LogP contribution in [-0.4, -0.2) is 25.6 Å². The Bertz CT molecular complexity index is 953. The van der Waals surface area contributed by atoms with Gasteiger partial charge in [0.15, 0.2) is 22.9 Å². The van der Waals surface area contributed by atoms with E-state index in [9.17, 15) is 15.0 Å². The van der Waals surface area contributed by atoms with Crippen LogP contribution in [-0.2, 0) is 0 Å². The number of carboxylic acids is 1. The lowest BCUT2D eigenvalue weighted by atomic mass is 10.3. The quantitative estimate of drug-likeness (QED) is 0.681. The number of pyridine rings is 1. The number of aromatic nitrogens is 2. The zero-order valence-corrected chi connectivity index (χ0v) is 12.8. The smallest absolute Gasteiger partial charge is 0.358 e. The summed E-state index contributed by atoms with van der Waals surface area (Å²) in [5, 5.41) is 27.4. The van der Waals surface area contributed by atoms with Crippen LogP contribution in [0.25, 0.3) is 5.65 Å². The fourth-order valence-corrected chi connectivity index (χ4v) is 2.28. The summed E-state index contributed by atoms with van der Waals surface area (Å²) in [7, 11) is 0. The molecular weight excluding hydrogens is 343 g/mol. The molecular formula is C14H8Cl2N4O3. The fraction of sp³-hybridized carbons (Fsp3) is 0. The summed E-state index contributed by atoms with van der Waals surface area (Å²) in [5.41, 5.74) is 0.00931. The van der Waals surface area contributed by atoms with Gasteiger partial charge < -0.3 is 10.2 Å². The Hall–Kier alpha value is -2.64. The molecule has 0 saturated heterocycles. The summed E-state index contributed by atoms with van der Waals surface area (Å²) in [6.45, 7) is 0. The minimum atomic E-state index is -1.29. The first-order chi connectivity index (χ1) is 11.0. The fourth-order valence-electron chi connectivity index (χ4n) is 1.95. The van der Waals surface area contributed by atoms with Crippen LogP contribution in [0.4, 0.5) is 11.5 Å². The van der Waals surface area contributed by atoms with Crippen LogP contribution in [0.2, 0.25) is 10.0 Å². The maximum atomic E-state index is 11.3. The van der Waals surface area contributed by atoms with Crippen molar-refractivity contribution in [2.24, 2.45) is 10.2 Å². The molecule has 0 fully saturated rings. The standard InChI is InChI=1S/C14H8Cl2N4O3/c15-7-3-1-4-8(10(7)16)18-19-13-11(14(22)23)17-12-9(21)5-2-6-20(12)13/h1-6,21H,(H,22,23). The van der Waals surface area contributed by atoms with Crippen molar-refractivity contribution in [2.45, 2.75) is 0 Å². The molecule has 0 aliphatic heterocycles. The molecule has 2 N–H and O–H groups in total. The van der Waals surface area contributed by atoms with E-state index < -0.39 is 5.97 Å². The minimum absolute atomic E-state index is 0.0422. The number of fused-ring (bicyclic) bond motifs is 1. The Morgan fingerprint density at radius 1 is 1.17 bits per heavy atom. The second-order valence-corrected chi connectivity index (χ2v) is 5.23. The lowest BCUT2D eigenvalue weighted by Crippen LogP contribution is -1.96. The number of halogens is 2. The van der Waals surface area contributed by atoms with Crippen molar-refractivity contribution in [1.82, 2.24) is 9.38 Å². The molecule has 0 radical (unpaired) electrons. The van der Waals surface area contributed by atoms with Gasteiger partial charge in [-0.25, -0.2) is 9.78 Å². The van der Waals surface area contributed by atoms with E-state index in [1.54, 1.807) is 18.2 Å². The number of rotatable bonds is 3. The van der Waals surface area contributed by atoms with Crippen LogP contribution >= 0.6 is 23.2 Å². The molecule has 0 bridgehead atoms. The number of nitrogens with zero attached hydrogens (tertiary/aromatic N) is 4. The van der Waals surface area contributed by atoms with E-state index in [1.807, 2.05) is 0 Å². The van der Waals surface area contributed by atoms with Crippen LogP contribution in [0.1, 0.15) is 10.5 Å². The Kier molecular flexibility index (Phi) is 3.89. The number of aromatic hydroxyl groups is 1. The zero-order chi connectivity index (χ0) is 16.6. The number of carboxylic acid groups (broad SMARTS) is 1. The first-order valence-corrected chi connectivity index (χ1v) is 7.03. The Morgan fingerprint density at radius 2 is 1.96 bits per heavy atom. The van der Waals surface area contributed by atoms with Gasteiger partial charge in [0.05, 0.1) is 10.0 Å². The lowest BCUT2D eigenvalue weighted by molar-refractivity contribution is 0.0692. The highest BCUT2D eigenvalue weighted by Crippen LogP contribution is 2.34. The van der Waals surface area contributed by atoms with Crippen molar-refractivity contribution >= 4 is 46.3 Å². The number of hydrogen-bond donors (Lipinski definition) is 2. The molecule has 2 aromatic heterocycles. The molecule has 0 atom stereocenters. The molecule has 9 heteroatoms. The lowest BCUT2D eigenvalue weighted by Gasteiger charge is -2.00. The molecule has 0 saturated carbocycles. The summed E-state index contributed by atoms with van der Waals surface area (Å²) >= 11 is 11.9. The Morgan fingerprint density at radius 3 is 2.70 bits per heavy atom. The van der Waals surface area contributed by atoms with Gasteiger partial charge >= 0.3 is 5.97 Å². The number of carbonyl (C=O) groups is 1. The van der Waals surface area contributed by atoms with Gasteiger partial charge in [-0.1, -0.05) is 29.3 Å². The van der Waals surface area contributed by atoms with E-state index in [0.29, 0.717) is 5.02 Å². The van der Waals surface area contributed by atoms with Gasteiger partial charge in [-0.3, -0.25) is 4.40 Å². The average Bonchev–Trinajstić information content (AvgIpc) is 2.89. The summed E-state index contributed by atoms with van der Waals surface area (Å²) < 4.78 is 1.32. The number of aromatic carboxylic acids is 1. The third-order valence-electron chi connectivity index (χ3n) is 2.99. The molecule has 23 heavy (non-hydrogen) atoms. The molecule has 1 aromatic carbocycles. The number of azo groups is 1. The molecule has 2 heterocycles. The van der Waals surface area contributed by atoms with Gasteiger partial charge in [0, 0.05) is 6.20 Å². The van der Waals surface area contributed by atoms with Crippen molar-refractivity contribution in [3.8, 4) is 5.75 Å². The minimum Gasteiger partial charge on any atom is -0.504 e. The predicted octanol–water partition coefficient (Wildman–Crippen LogP) is 4.46. The van der Waals surface area contributed by atoms with Crippen LogP contribution in [0.15, 0.2) is 46.8 Å². The van der Waals surface area contributed by atoms with E-state index in [2.05, 4.69) is 15.2 Å². The molecule has 3 aromatic rings. The topological polar surface area (TPSA) is 99.5 Å². The van der Waals surface area contributed by atoms with Gasteiger partial charge in [-0.2, -0.15) is 0 Å². The first kappa shape index (κ1) is 15.3. The second-order valence-electron chi connectivity index (χ2n) is 4.45. The molecule has 0 spiro atoms. The largest absolute Gasteiger partial charge is 0.504 e. The molecule has 116 valence electrons. The summed E-state index contributed by atoms with van der Waals surface area (Å²) in [5.74, 6) is -1.50. The van der Waals surface area contributed by atoms with Gasteiger partial charge in [0.1, 0.15) is 5.69 Å². The number of imidazole rings is 1. The molecule has 0 unspecified atom stereocenters. The summed E-state index contributed by atoms with van der Waals surface area (Å²) in [6.07, 6.45) is 1.52. The van der Waals surface area contributed by atoms with Gasteiger partial charge in [0.2, 0.25) is 0 Å². The average molecular weight is 351 g/mol. The normalized spacial score (nSPS) is 11.4. The zero-order valence-electron chi connectivity index (χ0n) is 11.3. The van der Waals surface area contributed by atoms with Crippen molar-refractivity contribution in [3.63, 3.8) is 0 Å². The van der Waals surface area contributed by atoms with Crippen LogP contribution in [0.3, 0.4) is 0 Å². The number of benzene rings is 1. The SMILES string of the molecule is O=C(O)c1nc2c(O)cccn2c1N=Nc1cccc(Cl)c1Cl. The van der Waals surface area contributed by atoms with Crippen molar-refractivity contribution in [1.29, 1.82) is 0 Å². The van der Waals surface area contributed by atoms with Crippen LogP contribution in [0.5, 0.6) is 5.75 Å². The maximum absolute atomic E-state index is 11.3. The molecule has 0 aliphatic rings. The first-order valence-electron chi connectivity index (χ1n) is 6.28. The molecule has 7 nitrogen and oxygen atoms in total. The van der Waals surface area contributed by atoms with Gasteiger partial charge in [0.25, 0.3) is 0 Å². The molecule has 3 rings (SSSR count). The summed E-state index contributed by atoms with van der Waals surface area (Å²) in [4.78, 5) is 15.2. The third kappa shape index (κ3) is 2.71. The summed E-state index contributed by atoms with van der Waals surface area (Å²) in [6, 6.07) is 7.74. The second kappa shape index (κ2) is 5.86. The van der Waals surface area contributed by atoms with Crippen LogP contribution < -0.4 is 0 Å². The third-order valence-corrected chi connectivity index (χ3v) is 3.80. The monoisotopic (exact) mass is 350 g/mol. The van der Waals surface area contributed by atoms with E-state index >= 15 is 0 Å². The highest BCUT2D eigenvalue weighted by Gasteiger charge is 2.20. The van der Waals surface area contributed by atoms with Gasteiger partial charge in [-0.15, -0.1) is 10.2 Å². The van der Waals surface area contributed by atoms with Crippen molar-refractivity contribution < 1.29 is 15.0 Å². The van der Waals surface area contributed by atoms with Crippen molar-refractivity contribution in [2.75, 3.05) is 0 Å². The number of hydrogen-bond acceptors (Lipinski definition) is 5. The Labute approximate surface area is 139 Å². The van der Waals surface area contributed by atoms with E-state index in [-0.39, 0.29) is 33.6 Å². The van der Waals surface area contributed by atoms with Gasteiger partial charge in [-0.05, 0) is 24.3 Å². The Balaban J connectivity index is 2.17.